The van der Waals surface area contributed by atoms with Crippen LogP contribution in [0, 0.1) is 11.3 Å². The maximum atomic E-state index is 13.8. The Balaban J connectivity index is 1.34. The molecule has 0 aliphatic carbocycles. The Hall–Kier alpha value is -4.34. The molecule has 3 aliphatic heterocycles. The number of nitrogens with two attached hydrogens (primary N) is 1. The molecule has 1 unspecified atom stereocenters. The van der Waals surface area contributed by atoms with Crippen molar-refractivity contribution in [3.8, 4) is 12.1 Å². The molecule has 3 aliphatic rings. The predicted molar refractivity (Wildman–Crippen MR) is 159 cm³/mol. The monoisotopic (exact) mass is 586 g/mol. The number of fused-ring (bicyclic) bond motifs is 2. The summed E-state index contributed by atoms with van der Waals surface area (Å²) in [6.07, 6.45) is 2.27. The largest absolute Gasteiger partial charge is 0.462 e. The fraction of sp³-hybridized carbons (Fsp3) is 0.452. The van der Waals surface area contributed by atoms with Gasteiger partial charge in [0, 0.05) is 43.0 Å². The Morgan fingerprint density at radius 3 is 2.84 bits per heavy atom. The molecule has 5 heterocycles. The van der Waals surface area contributed by atoms with Crippen molar-refractivity contribution < 1.29 is 18.7 Å². The molecule has 0 saturated carbocycles. The molecule has 12 heteroatoms. The summed E-state index contributed by atoms with van der Waals surface area (Å²) in [7, 11) is 2.09. The van der Waals surface area contributed by atoms with E-state index in [2.05, 4.69) is 29.6 Å². The van der Waals surface area contributed by atoms with E-state index in [0.717, 1.165) is 47.1 Å². The number of ether oxygens (including phenoxy) is 2. The summed E-state index contributed by atoms with van der Waals surface area (Å²) in [5.41, 5.74) is 8.53. The predicted octanol–water partition coefficient (Wildman–Crippen LogP) is 3.31. The van der Waals surface area contributed by atoms with Crippen LogP contribution in [-0.4, -0.2) is 82.6 Å². The molecule has 0 bridgehead atoms. The lowest BCUT2D eigenvalue weighted by atomic mass is 9.98. The minimum Gasteiger partial charge on any atom is -0.462 e. The lowest BCUT2D eigenvalue weighted by Crippen LogP contribution is -2.55. The molecule has 6 rings (SSSR count). The highest BCUT2D eigenvalue weighted by molar-refractivity contribution is 5.91. The van der Waals surface area contributed by atoms with Gasteiger partial charge in [0.25, 0.3) is 5.91 Å². The number of aromatic nitrogens is 3. The topological polar surface area (TPSA) is 134 Å². The van der Waals surface area contributed by atoms with Crippen molar-refractivity contribution in [2.45, 2.75) is 50.5 Å². The van der Waals surface area contributed by atoms with Gasteiger partial charge in [-0.3, -0.25) is 4.79 Å². The molecule has 1 aromatic carbocycles. The second-order valence-electron chi connectivity index (χ2n) is 11.4. The van der Waals surface area contributed by atoms with Crippen molar-refractivity contribution in [2.75, 3.05) is 50.5 Å². The summed E-state index contributed by atoms with van der Waals surface area (Å²) in [6.45, 7) is 5.79. The van der Waals surface area contributed by atoms with Crippen molar-refractivity contribution in [3.05, 3.63) is 59.7 Å². The number of likely N-dealkylation sites (N-methyl/N-ethyl adjacent to an activating group) is 1. The van der Waals surface area contributed by atoms with Gasteiger partial charge in [-0.25, -0.2) is 9.37 Å². The summed E-state index contributed by atoms with van der Waals surface area (Å²) < 4.78 is 26.4. The van der Waals surface area contributed by atoms with Crippen LogP contribution in [0.25, 0.3) is 10.8 Å². The van der Waals surface area contributed by atoms with Gasteiger partial charge in [0.15, 0.2) is 5.83 Å². The molecule has 11 nitrogen and oxygen atoms in total. The normalized spacial score (nSPS) is 22.3. The van der Waals surface area contributed by atoms with E-state index in [-0.39, 0.29) is 37.7 Å². The zero-order valence-electron chi connectivity index (χ0n) is 24.2. The molecule has 2 fully saturated rings. The number of carbonyl (C=O) groups is 1. The first-order chi connectivity index (χ1) is 20.8. The zero-order valence-corrected chi connectivity index (χ0v) is 24.2. The van der Waals surface area contributed by atoms with Crippen LogP contribution in [0.1, 0.15) is 42.3 Å². The fourth-order valence-corrected chi connectivity index (χ4v) is 6.34. The van der Waals surface area contributed by atoms with Crippen LogP contribution in [-0.2, 0) is 22.6 Å². The molecule has 2 N–H and O–H groups in total. The molecule has 0 spiro atoms. The van der Waals surface area contributed by atoms with E-state index in [1.165, 1.54) is 4.90 Å². The van der Waals surface area contributed by atoms with Crippen LogP contribution in [0.3, 0.4) is 0 Å². The SMILES string of the molecule is C=C(F)C(=O)N1CCN(c2nc(OC[C@H]3CCCN3C)nc3c2COC(c2nc(N)cc4ccccc24)C3)C[C@@H]1CC#N. The van der Waals surface area contributed by atoms with Gasteiger partial charge in [-0.1, -0.05) is 30.8 Å². The van der Waals surface area contributed by atoms with E-state index in [4.69, 9.17) is 25.2 Å². The van der Waals surface area contributed by atoms with Gasteiger partial charge in [0.1, 0.15) is 24.3 Å². The zero-order chi connectivity index (χ0) is 30.1. The summed E-state index contributed by atoms with van der Waals surface area (Å²) >= 11 is 0. The first kappa shape index (κ1) is 28.8. The molecule has 43 heavy (non-hydrogen) atoms. The van der Waals surface area contributed by atoms with E-state index in [9.17, 15) is 14.4 Å². The van der Waals surface area contributed by atoms with E-state index in [1.54, 1.807) is 0 Å². The van der Waals surface area contributed by atoms with Gasteiger partial charge in [-0.15, -0.1) is 0 Å². The van der Waals surface area contributed by atoms with Gasteiger partial charge in [0.05, 0.1) is 36.5 Å². The summed E-state index contributed by atoms with van der Waals surface area (Å²) in [5.74, 6) is -0.770. The van der Waals surface area contributed by atoms with Crippen molar-refractivity contribution in [2.24, 2.45) is 0 Å². The maximum Gasteiger partial charge on any atom is 0.318 e. The number of amides is 1. The number of benzene rings is 1. The van der Waals surface area contributed by atoms with Gasteiger partial charge < -0.3 is 29.9 Å². The van der Waals surface area contributed by atoms with Crippen LogP contribution < -0.4 is 15.4 Å². The number of halogens is 1. The molecular weight excluding hydrogens is 551 g/mol. The second-order valence-corrected chi connectivity index (χ2v) is 11.4. The number of pyridine rings is 1. The van der Waals surface area contributed by atoms with Gasteiger partial charge in [0.2, 0.25) is 0 Å². The Bertz CT molecular complexity index is 1590. The third-order valence-electron chi connectivity index (χ3n) is 8.63. The average molecular weight is 587 g/mol. The Kier molecular flexibility index (Phi) is 8.10. The third-order valence-corrected chi connectivity index (χ3v) is 8.63. The summed E-state index contributed by atoms with van der Waals surface area (Å²) in [5, 5.41) is 11.4. The highest BCUT2D eigenvalue weighted by Crippen LogP contribution is 2.38. The smallest absolute Gasteiger partial charge is 0.318 e. The van der Waals surface area contributed by atoms with E-state index in [1.807, 2.05) is 35.2 Å². The minimum absolute atomic E-state index is 0.0485. The quantitative estimate of drug-likeness (QED) is 0.411. The molecule has 3 aromatic rings. The van der Waals surface area contributed by atoms with Crippen LogP contribution in [0.4, 0.5) is 16.0 Å². The first-order valence-electron chi connectivity index (χ1n) is 14.6. The fourth-order valence-electron chi connectivity index (χ4n) is 6.34. The van der Waals surface area contributed by atoms with Crippen molar-refractivity contribution >= 4 is 28.3 Å². The van der Waals surface area contributed by atoms with E-state index in [0.29, 0.717) is 37.8 Å². The molecule has 2 saturated heterocycles. The second kappa shape index (κ2) is 12.1. The van der Waals surface area contributed by atoms with Crippen LogP contribution in [0.15, 0.2) is 42.7 Å². The minimum atomic E-state index is -1.04. The number of piperazine rings is 1. The third kappa shape index (κ3) is 5.83. The number of nitriles is 1. The van der Waals surface area contributed by atoms with E-state index >= 15 is 0 Å². The van der Waals surface area contributed by atoms with Crippen molar-refractivity contribution in [1.82, 2.24) is 24.8 Å². The standard InChI is InChI=1S/C31H35FN8O3/c1-19(32)30(41)40-13-12-39(16-21(40)9-10-33)29-24-18-42-26(28-23-8-4-3-6-20(23)14-27(34)36-28)15-25(24)35-31(37-29)43-17-22-7-5-11-38(22)2/h3-4,6,8,14,21-22,26H,1,5,7,9,11-13,15-18H2,2H3,(H2,34,36)/t21-,22+,26?/m0/s1. The molecule has 0 radical (unpaired) electrons. The highest BCUT2D eigenvalue weighted by atomic mass is 19.1. The molecule has 3 atom stereocenters. The molecule has 2 aromatic heterocycles. The number of likely N-dealkylation sites (tertiary alicyclic amines) is 1. The van der Waals surface area contributed by atoms with Crippen LogP contribution in [0.5, 0.6) is 6.01 Å². The van der Waals surface area contributed by atoms with Gasteiger partial charge >= 0.3 is 6.01 Å². The average Bonchev–Trinajstić information content (AvgIpc) is 3.42. The number of nitrogens with zero attached hydrogens (tertiary/aromatic N) is 7. The number of anilines is 2. The summed E-state index contributed by atoms with van der Waals surface area (Å²) in [4.78, 5) is 32.5. The van der Waals surface area contributed by atoms with Crippen LogP contribution in [0.2, 0.25) is 0 Å². The number of hydrogen-bond donors (Lipinski definition) is 1. The number of nitrogen functional groups attached to an aromatic ring is 1. The lowest BCUT2D eigenvalue weighted by molar-refractivity contribution is -0.131. The van der Waals surface area contributed by atoms with Crippen LogP contribution >= 0.6 is 0 Å². The Morgan fingerprint density at radius 1 is 1.23 bits per heavy atom. The Morgan fingerprint density at radius 2 is 2.07 bits per heavy atom. The number of hydrogen-bond acceptors (Lipinski definition) is 10. The van der Waals surface area contributed by atoms with Gasteiger partial charge in [-0.05, 0) is 37.9 Å². The Labute approximate surface area is 249 Å². The van der Waals surface area contributed by atoms with E-state index < -0.39 is 17.8 Å². The summed E-state index contributed by atoms with van der Waals surface area (Å²) in [6, 6.07) is 11.9. The highest BCUT2D eigenvalue weighted by Gasteiger charge is 2.36. The maximum absolute atomic E-state index is 13.8. The first-order valence-corrected chi connectivity index (χ1v) is 14.6. The lowest BCUT2D eigenvalue weighted by Gasteiger charge is -2.42. The van der Waals surface area contributed by atoms with Crippen molar-refractivity contribution in [1.29, 1.82) is 5.26 Å². The van der Waals surface area contributed by atoms with Gasteiger partial charge in [-0.2, -0.15) is 15.2 Å². The number of carbonyl (C=O) groups excluding carboxylic acids is 1. The molecular formula is C31H35FN8O3. The number of rotatable bonds is 7. The molecule has 1 amide bonds. The van der Waals surface area contributed by atoms with Crippen molar-refractivity contribution in [3.63, 3.8) is 0 Å². The molecule has 224 valence electrons.